The van der Waals surface area contributed by atoms with E-state index < -0.39 is 10.9 Å². The number of carbonyl (C=O) groups excluding carboxylic acids is 1. The molecule has 1 aromatic rings. The van der Waals surface area contributed by atoms with Crippen LogP contribution >= 0.6 is 0 Å². The lowest BCUT2D eigenvalue weighted by Gasteiger charge is -2.42. The van der Waals surface area contributed by atoms with Crippen molar-refractivity contribution in [1.29, 1.82) is 0 Å². The smallest absolute Gasteiger partial charge is 0.319 e. The van der Waals surface area contributed by atoms with Gasteiger partial charge in [0.1, 0.15) is 0 Å². The largest absolute Gasteiger partial charge is 0.480 e. The number of nitrogens with zero attached hydrogens (tertiary/aromatic N) is 2. The molecule has 0 aliphatic heterocycles. The molecule has 2 aliphatic carbocycles. The number of carboxylic acids is 1. The molecule has 2 fully saturated rings. The fraction of sp³-hybridized carbons (Fsp3) is 0.579. The molecule has 9 heteroatoms. The van der Waals surface area contributed by atoms with Gasteiger partial charge in [0.25, 0.3) is 5.69 Å². The zero-order valence-corrected chi connectivity index (χ0v) is 16.1. The summed E-state index contributed by atoms with van der Waals surface area (Å²) in [7, 11) is 0. The van der Waals surface area contributed by atoms with Crippen molar-refractivity contribution in [2.75, 3.05) is 18.4 Å². The normalized spacial score (nSPS) is 21.1. The summed E-state index contributed by atoms with van der Waals surface area (Å²) in [6.07, 6.45) is 3.79. The van der Waals surface area contributed by atoms with Crippen molar-refractivity contribution in [1.82, 2.24) is 10.2 Å². The van der Waals surface area contributed by atoms with E-state index in [-0.39, 0.29) is 30.3 Å². The summed E-state index contributed by atoms with van der Waals surface area (Å²) in [6.45, 7) is 4.20. The number of carboxylic acid groups (broad SMARTS) is 1. The molecule has 28 heavy (non-hydrogen) atoms. The van der Waals surface area contributed by atoms with E-state index in [1.165, 1.54) is 18.9 Å². The Morgan fingerprint density at radius 1 is 1.25 bits per heavy atom. The van der Waals surface area contributed by atoms with Gasteiger partial charge < -0.3 is 15.7 Å². The van der Waals surface area contributed by atoms with Crippen molar-refractivity contribution < 1.29 is 19.6 Å². The van der Waals surface area contributed by atoms with Crippen LogP contribution in [0.4, 0.5) is 16.2 Å². The Morgan fingerprint density at radius 3 is 2.50 bits per heavy atom. The third-order valence-corrected chi connectivity index (χ3v) is 5.48. The lowest BCUT2D eigenvalue weighted by molar-refractivity contribution is -0.385. The van der Waals surface area contributed by atoms with Crippen LogP contribution in [0, 0.1) is 29.9 Å². The maximum absolute atomic E-state index is 12.3. The van der Waals surface area contributed by atoms with Crippen LogP contribution in [-0.4, -0.2) is 52.1 Å². The van der Waals surface area contributed by atoms with Crippen molar-refractivity contribution in [2.45, 2.75) is 51.6 Å². The number of aliphatic carboxylic acids is 1. The van der Waals surface area contributed by atoms with Gasteiger partial charge >= 0.3 is 12.0 Å². The molecule has 2 aliphatic rings. The monoisotopic (exact) mass is 390 g/mol. The maximum Gasteiger partial charge on any atom is 0.319 e. The molecule has 0 saturated heterocycles. The molecule has 9 nitrogen and oxygen atoms in total. The first-order valence-electron chi connectivity index (χ1n) is 9.52. The van der Waals surface area contributed by atoms with E-state index >= 15 is 0 Å². The van der Waals surface area contributed by atoms with E-state index in [1.54, 1.807) is 19.9 Å². The molecule has 0 unspecified atom stereocenters. The van der Waals surface area contributed by atoms with E-state index in [9.17, 15) is 19.7 Å². The zero-order chi connectivity index (χ0) is 20.4. The lowest BCUT2D eigenvalue weighted by atomic mass is 9.85. The van der Waals surface area contributed by atoms with Crippen molar-refractivity contribution in [3.63, 3.8) is 0 Å². The summed E-state index contributed by atoms with van der Waals surface area (Å²) in [4.78, 5) is 35.9. The van der Waals surface area contributed by atoms with Crippen LogP contribution in [-0.2, 0) is 4.79 Å². The number of hydrogen-bond acceptors (Lipinski definition) is 5. The highest BCUT2D eigenvalue weighted by Gasteiger charge is 2.37. The summed E-state index contributed by atoms with van der Waals surface area (Å²) in [5, 5.41) is 25.7. The SMILES string of the molecule is Cc1cc([N+](=O)[O-])c(C)cc1NC(=O)NC1CC(N(CC(=O)O)CC2CC2)C1. The standard InChI is InChI=1S/C19H26N4O5/c1-11-6-17(23(27)28)12(2)5-16(11)21-19(26)20-14-7-15(8-14)22(10-18(24)25)9-13-3-4-13/h5-6,13-15H,3-4,7-10H2,1-2H3,(H,24,25)(H2,20,21,26). The van der Waals surface area contributed by atoms with Gasteiger partial charge in [-0.1, -0.05) is 0 Å². The highest BCUT2D eigenvalue weighted by molar-refractivity contribution is 5.90. The average Bonchev–Trinajstić information content (AvgIpc) is 3.36. The van der Waals surface area contributed by atoms with Crippen LogP contribution in [0.5, 0.6) is 0 Å². The number of amides is 2. The van der Waals surface area contributed by atoms with Gasteiger partial charge in [-0.3, -0.25) is 19.8 Å². The number of hydrogen-bond donors (Lipinski definition) is 3. The van der Waals surface area contributed by atoms with Gasteiger partial charge in [0, 0.05) is 35.9 Å². The summed E-state index contributed by atoms with van der Waals surface area (Å²) >= 11 is 0. The number of urea groups is 1. The highest BCUT2D eigenvalue weighted by Crippen LogP contribution is 2.34. The van der Waals surface area contributed by atoms with Crippen molar-refractivity contribution >= 4 is 23.4 Å². The minimum atomic E-state index is -0.821. The quantitative estimate of drug-likeness (QED) is 0.463. The number of aryl methyl sites for hydroxylation is 2. The Kier molecular flexibility index (Phi) is 5.83. The van der Waals surface area contributed by atoms with Crippen LogP contribution < -0.4 is 10.6 Å². The van der Waals surface area contributed by atoms with Crippen LogP contribution in [0.15, 0.2) is 12.1 Å². The Labute approximate surface area is 163 Å². The number of anilines is 1. The first-order valence-corrected chi connectivity index (χ1v) is 9.52. The van der Waals surface area contributed by atoms with Crippen molar-refractivity contribution in [2.24, 2.45) is 5.92 Å². The molecule has 3 rings (SSSR count). The molecule has 0 aromatic heterocycles. The fourth-order valence-electron chi connectivity index (χ4n) is 3.63. The van der Waals surface area contributed by atoms with Gasteiger partial charge in [0.15, 0.2) is 0 Å². The molecule has 0 heterocycles. The second kappa shape index (κ2) is 8.14. The predicted molar refractivity (Wildman–Crippen MR) is 103 cm³/mol. The topological polar surface area (TPSA) is 125 Å². The van der Waals surface area contributed by atoms with Crippen LogP contribution in [0.2, 0.25) is 0 Å². The van der Waals surface area contributed by atoms with Gasteiger partial charge in [0.2, 0.25) is 0 Å². The zero-order valence-electron chi connectivity index (χ0n) is 16.1. The van der Waals surface area contributed by atoms with Gasteiger partial charge in [-0.15, -0.1) is 0 Å². The van der Waals surface area contributed by atoms with E-state index in [1.807, 2.05) is 4.90 Å². The van der Waals surface area contributed by atoms with Crippen LogP contribution in [0.3, 0.4) is 0 Å². The van der Waals surface area contributed by atoms with Gasteiger partial charge in [-0.2, -0.15) is 0 Å². The third-order valence-electron chi connectivity index (χ3n) is 5.48. The number of nitro benzene ring substituents is 1. The minimum absolute atomic E-state index is 0.0000469. The first kappa shape index (κ1) is 20.1. The number of nitro groups is 1. The highest BCUT2D eigenvalue weighted by atomic mass is 16.6. The van der Waals surface area contributed by atoms with Crippen molar-refractivity contribution in [3.05, 3.63) is 33.4 Å². The van der Waals surface area contributed by atoms with E-state index in [4.69, 9.17) is 5.11 Å². The first-order chi connectivity index (χ1) is 13.2. The van der Waals surface area contributed by atoms with Gasteiger partial charge in [-0.05, 0) is 57.1 Å². The Bertz CT molecular complexity index is 787. The summed E-state index contributed by atoms with van der Waals surface area (Å²) in [6, 6.07) is 2.88. The van der Waals surface area contributed by atoms with Crippen molar-refractivity contribution in [3.8, 4) is 0 Å². The molecule has 0 bridgehead atoms. The number of benzene rings is 1. The summed E-state index contributed by atoms with van der Waals surface area (Å²) in [5.74, 6) is -0.207. The van der Waals surface area contributed by atoms with Gasteiger partial charge in [-0.25, -0.2) is 4.79 Å². The maximum atomic E-state index is 12.3. The molecule has 2 saturated carbocycles. The molecule has 1 aromatic carbocycles. The predicted octanol–water partition coefficient (Wildman–Crippen LogP) is 2.66. The second-order valence-electron chi connectivity index (χ2n) is 7.90. The van der Waals surface area contributed by atoms with E-state index in [0.29, 0.717) is 22.7 Å². The molecule has 3 N–H and O–H groups in total. The molecular formula is C19H26N4O5. The Morgan fingerprint density at radius 2 is 1.93 bits per heavy atom. The molecule has 0 radical (unpaired) electrons. The van der Waals surface area contributed by atoms with E-state index in [2.05, 4.69) is 10.6 Å². The minimum Gasteiger partial charge on any atom is -0.480 e. The summed E-state index contributed by atoms with van der Waals surface area (Å²) < 4.78 is 0. The lowest BCUT2D eigenvalue weighted by Crippen LogP contribution is -2.55. The number of carbonyl (C=O) groups is 2. The van der Waals surface area contributed by atoms with E-state index in [0.717, 1.165) is 19.4 Å². The molecule has 0 atom stereocenters. The number of rotatable bonds is 8. The second-order valence-corrected chi connectivity index (χ2v) is 7.90. The van der Waals surface area contributed by atoms with Gasteiger partial charge in [0.05, 0.1) is 11.5 Å². The third kappa shape index (κ3) is 4.98. The fourth-order valence-corrected chi connectivity index (χ4v) is 3.63. The Balaban J connectivity index is 1.50. The molecule has 2 amide bonds. The number of nitrogens with one attached hydrogen (secondary N) is 2. The molecular weight excluding hydrogens is 364 g/mol. The Hall–Kier alpha value is -2.68. The molecule has 152 valence electrons. The average molecular weight is 390 g/mol. The van der Waals surface area contributed by atoms with Crippen LogP contribution in [0.1, 0.15) is 36.8 Å². The summed E-state index contributed by atoms with van der Waals surface area (Å²) in [5.41, 5.74) is 1.67. The van der Waals surface area contributed by atoms with Crippen LogP contribution in [0.25, 0.3) is 0 Å². The molecule has 0 spiro atoms.